The van der Waals surface area contributed by atoms with Crippen LogP contribution in [0.25, 0.3) is 0 Å². The van der Waals surface area contributed by atoms with Crippen LogP contribution in [-0.2, 0) is 19.6 Å². The van der Waals surface area contributed by atoms with Crippen LogP contribution >= 0.6 is 0 Å². The van der Waals surface area contributed by atoms with Crippen LogP contribution in [-0.4, -0.2) is 44.9 Å². The maximum Gasteiger partial charge on any atom is 0.243 e. The minimum absolute atomic E-state index is 0.0964. The SMILES string of the molecule is C[C@H]1C(=O)Nc2ccc(S(=O)(=O)N3CCOCC3)cc21. The van der Waals surface area contributed by atoms with Crippen molar-refractivity contribution < 1.29 is 17.9 Å². The number of ether oxygens (including phenoxy) is 1. The molecule has 7 heteroatoms. The third-order valence-electron chi connectivity index (χ3n) is 3.75. The molecule has 1 atom stereocenters. The van der Waals surface area contributed by atoms with Gasteiger partial charge < -0.3 is 10.1 Å². The van der Waals surface area contributed by atoms with Crippen molar-refractivity contribution in [3.8, 4) is 0 Å². The molecule has 0 aliphatic carbocycles. The molecule has 0 aromatic heterocycles. The van der Waals surface area contributed by atoms with Gasteiger partial charge >= 0.3 is 0 Å². The number of morpholine rings is 1. The molecule has 0 unspecified atom stereocenters. The highest BCUT2D eigenvalue weighted by Gasteiger charge is 2.31. The number of hydrogen-bond acceptors (Lipinski definition) is 4. The Bertz CT molecular complexity index is 650. The molecule has 1 fully saturated rings. The van der Waals surface area contributed by atoms with E-state index in [9.17, 15) is 13.2 Å². The molecule has 1 N–H and O–H groups in total. The first-order valence-electron chi connectivity index (χ1n) is 6.53. The average Bonchev–Trinajstić information content (AvgIpc) is 2.75. The number of fused-ring (bicyclic) bond motifs is 1. The highest BCUT2D eigenvalue weighted by molar-refractivity contribution is 7.89. The third-order valence-corrected chi connectivity index (χ3v) is 5.64. The molecule has 6 nitrogen and oxygen atoms in total. The average molecular weight is 296 g/mol. The zero-order valence-corrected chi connectivity index (χ0v) is 11.9. The fourth-order valence-corrected chi connectivity index (χ4v) is 3.94. The Morgan fingerprint density at radius 3 is 2.70 bits per heavy atom. The molecule has 0 bridgehead atoms. The fraction of sp³-hybridized carbons (Fsp3) is 0.462. The lowest BCUT2D eigenvalue weighted by Crippen LogP contribution is -2.40. The second kappa shape index (κ2) is 4.83. The zero-order chi connectivity index (χ0) is 14.3. The number of carbonyl (C=O) groups excluding carboxylic acids is 1. The fourth-order valence-electron chi connectivity index (χ4n) is 2.49. The number of hydrogen-bond donors (Lipinski definition) is 1. The standard InChI is InChI=1S/C13H16N2O4S/c1-9-11-8-10(2-3-12(11)14-13(9)16)20(17,18)15-4-6-19-7-5-15/h2-3,8-9H,4-7H2,1H3,(H,14,16)/t9-/m1/s1. The number of amides is 1. The van der Waals surface area contributed by atoms with Crippen molar-refractivity contribution in [2.75, 3.05) is 31.6 Å². The second-order valence-electron chi connectivity index (χ2n) is 4.98. The highest BCUT2D eigenvalue weighted by Crippen LogP contribution is 2.34. The van der Waals surface area contributed by atoms with E-state index >= 15 is 0 Å². The Balaban J connectivity index is 1.97. The molecule has 1 saturated heterocycles. The summed E-state index contributed by atoms with van der Waals surface area (Å²) >= 11 is 0. The first-order chi connectivity index (χ1) is 9.50. The van der Waals surface area contributed by atoms with Crippen molar-refractivity contribution in [2.24, 2.45) is 0 Å². The van der Waals surface area contributed by atoms with E-state index in [0.717, 1.165) is 5.56 Å². The van der Waals surface area contributed by atoms with Crippen molar-refractivity contribution >= 4 is 21.6 Å². The van der Waals surface area contributed by atoms with E-state index in [1.807, 2.05) is 0 Å². The van der Waals surface area contributed by atoms with Gasteiger partial charge in [0.1, 0.15) is 0 Å². The van der Waals surface area contributed by atoms with E-state index in [0.29, 0.717) is 32.0 Å². The van der Waals surface area contributed by atoms with E-state index < -0.39 is 10.0 Å². The van der Waals surface area contributed by atoms with E-state index in [1.165, 1.54) is 4.31 Å². The molecule has 0 radical (unpaired) electrons. The van der Waals surface area contributed by atoms with Gasteiger partial charge in [-0.05, 0) is 30.7 Å². The Labute approximate surface area is 117 Å². The Kier molecular flexibility index (Phi) is 3.27. The normalized spacial score (nSPS) is 23.4. The Hall–Kier alpha value is -1.44. The Morgan fingerprint density at radius 1 is 1.30 bits per heavy atom. The summed E-state index contributed by atoms with van der Waals surface area (Å²) in [5.74, 6) is -0.411. The minimum Gasteiger partial charge on any atom is -0.379 e. The molecule has 0 spiro atoms. The summed E-state index contributed by atoms with van der Waals surface area (Å²) in [6.07, 6.45) is 0. The summed E-state index contributed by atoms with van der Waals surface area (Å²) < 4.78 is 31.7. The quantitative estimate of drug-likeness (QED) is 0.874. The largest absolute Gasteiger partial charge is 0.379 e. The van der Waals surface area contributed by atoms with E-state index in [2.05, 4.69) is 5.32 Å². The van der Waals surface area contributed by atoms with Crippen LogP contribution in [0, 0.1) is 0 Å². The topological polar surface area (TPSA) is 75.7 Å². The zero-order valence-electron chi connectivity index (χ0n) is 11.1. The predicted molar refractivity (Wildman–Crippen MR) is 73.1 cm³/mol. The van der Waals surface area contributed by atoms with Crippen LogP contribution in [0.4, 0.5) is 5.69 Å². The van der Waals surface area contributed by atoms with Crippen molar-refractivity contribution in [3.63, 3.8) is 0 Å². The van der Waals surface area contributed by atoms with E-state index in [4.69, 9.17) is 4.74 Å². The van der Waals surface area contributed by atoms with Gasteiger partial charge in [0.25, 0.3) is 0 Å². The molecule has 20 heavy (non-hydrogen) atoms. The Morgan fingerprint density at radius 2 is 2.00 bits per heavy atom. The lowest BCUT2D eigenvalue weighted by atomic mass is 10.0. The van der Waals surface area contributed by atoms with Crippen LogP contribution < -0.4 is 5.32 Å². The van der Waals surface area contributed by atoms with Gasteiger partial charge in [-0.25, -0.2) is 8.42 Å². The summed E-state index contributed by atoms with van der Waals surface area (Å²) in [5, 5.41) is 2.74. The summed E-state index contributed by atoms with van der Waals surface area (Å²) in [5.41, 5.74) is 1.44. The van der Waals surface area contributed by atoms with Gasteiger partial charge in [0.05, 0.1) is 24.0 Å². The molecule has 1 aromatic rings. The molecule has 2 heterocycles. The first kappa shape index (κ1) is 13.5. The monoisotopic (exact) mass is 296 g/mol. The number of carbonyl (C=O) groups is 1. The molecule has 1 aromatic carbocycles. The van der Waals surface area contributed by atoms with Gasteiger partial charge in [0.15, 0.2) is 0 Å². The summed E-state index contributed by atoms with van der Waals surface area (Å²) in [6.45, 7) is 3.34. The molecule has 2 aliphatic rings. The van der Waals surface area contributed by atoms with Gasteiger partial charge in [-0.1, -0.05) is 0 Å². The van der Waals surface area contributed by atoms with Crippen LogP contribution in [0.2, 0.25) is 0 Å². The lowest BCUT2D eigenvalue weighted by Gasteiger charge is -2.26. The second-order valence-corrected chi connectivity index (χ2v) is 6.91. The maximum absolute atomic E-state index is 12.5. The number of anilines is 1. The molecule has 0 saturated carbocycles. The number of benzene rings is 1. The van der Waals surface area contributed by atoms with Gasteiger partial charge in [0, 0.05) is 18.8 Å². The third kappa shape index (κ3) is 2.11. The number of sulfonamides is 1. The molecular weight excluding hydrogens is 280 g/mol. The van der Waals surface area contributed by atoms with Gasteiger partial charge in [0.2, 0.25) is 15.9 Å². The van der Waals surface area contributed by atoms with Crippen molar-refractivity contribution in [3.05, 3.63) is 23.8 Å². The predicted octanol–water partition coefficient (Wildman–Crippen LogP) is 0.763. The smallest absolute Gasteiger partial charge is 0.243 e. The minimum atomic E-state index is -3.51. The van der Waals surface area contributed by atoms with Crippen molar-refractivity contribution in [2.45, 2.75) is 17.7 Å². The first-order valence-corrected chi connectivity index (χ1v) is 7.97. The van der Waals surface area contributed by atoms with Gasteiger partial charge in [-0.3, -0.25) is 4.79 Å². The maximum atomic E-state index is 12.5. The van der Waals surface area contributed by atoms with E-state index in [-0.39, 0.29) is 16.7 Å². The number of nitrogens with one attached hydrogen (secondary N) is 1. The molecule has 2 aliphatic heterocycles. The van der Waals surface area contributed by atoms with Crippen LogP contribution in [0.5, 0.6) is 0 Å². The van der Waals surface area contributed by atoms with Crippen LogP contribution in [0.3, 0.4) is 0 Å². The lowest BCUT2D eigenvalue weighted by molar-refractivity contribution is -0.116. The van der Waals surface area contributed by atoms with Crippen LogP contribution in [0.15, 0.2) is 23.1 Å². The van der Waals surface area contributed by atoms with E-state index in [1.54, 1.807) is 25.1 Å². The molecule has 3 rings (SSSR count). The number of rotatable bonds is 2. The summed E-state index contributed by atoms with van der Waals surface area (Å²) in [6, 6.07) is 4.80. The molecule has 1 amide bonds. The molecular formula is C13H16N2O4S. The van der Waals surface area contributed by atoms with Gasteiger partial charge in [-0.2, -0.15) is 4.31 Å². The summed E-state index contributed by atoms with van der Waals surface area (Å²) in [7, 11) is -3.51. The van der Waals surface area contributed by atoms with Crippen LogP contribution in [0.1, 0.15) is 18.4 Å². The van der Waals surface area contributed by atoms with Crippen molar-refractivity contribution in [1.82, 2.24) is 4.31 Å². The molecule has 108 valence electrons. The summed E-state index contributed by atoms with van der Waals surface area (Å²) in [4.78, 5) is 11.8. The van der Waals surface area contributed by atoms with Gasteiger partial charge in [-0.15, -0.1) is 0 Å². The van der Waals surface area contributed by atoms with Crippen molar-refractivity contribution in [1.29, 1.82) is 0 Å². The number of nitrogens with zero attached hydrogens (tertiary/aromatic N) is 1. The highest BCUT2D eigenvalue weighted by atomic mass is 32.2.